The van der Waals surface area contributed by atoms with Crippen LogP contribution in [0.4, 0.5) is 15.8 Å². The van der Waals surface area contributed by atoms with Crippen LogP contribution in [-0.2, 0) is 4.79 Å². The normalized spacial score (nSPS) is 15.9. The lowest BCUT2D eigenvalue weighted by Gasteiger charge is -2.21. The maximum atomic E-state index is 14.4. The van der Waals surface area contributed by atoms with Crippen molar-refractivity contribution in [1.29, 1.82) is 0 Å². The largest absolute Gasteiger partial charge is 0.486 e. The Morgan fingerprint density at radius 2 is 1.96 bits per heavy atom. The van der Waals surface area contributed by atoms with Gasteiger partial charge in [0.1, 0.15) is 24.7 Å². The molecule has 2 aliphatic rings. The lowest BCUT2D eigenvalue weighted by Crippen LogP contribution is -2.21. The maximum absolute atomic E-state index is 14.4. The fraction of sp³-hybridized carbons (Fsp3) is 0.286. The number of carbonyl (C=O) groups is 1. The van der Waals surface area contributed by atoms with Gasteiger partial charge in [-0.15, -0.1) is 0 Å². The fourth-order valence-electron chi connectivity index (χ4n) is 3.42. The van der Waals surface area contributed by atoms with Gasteiger partial charge in [-0.05, 0) is 48.7 Å². The summed E-state index contributed by atoms with van der Waals surface area (Å²) in [6.45, 7) is 2.62. The molecule has 0 atom stereocenters. The number of rotatable bonds is 4. The SMILES string of the molecule is O=C(/C=C/c1cc(Cl)c2c(c1)OCCO2)Nc1c(F)cccc1N1CCCC1. The minimum atomic E-state index is -0.450. The molecule has 4 rings (SSSR count). The van der Waals surface area contributed by atoms with Crippen molar-refractivity contribution in [3.05, 3.63) is 52.8 Å². The Morgan fingerprint density at radius 1 is 1.18 bits per heavy atom. The lowest BCUT2D eigenvalue weighted by atomic mass is 10.1. The van der Waals surface area contributed by atoms with Crippen LogP contribution in [0.25, 0.3) is 6.08 Å². The van der Waals surface area contributed by atoms with Gasteiger partial charge in [-0.3, -0.25) is 4.79 Å². The Hall–Kier alpha value is -2.73. The number of fused-ring (bicyclic) bond motifs is 1. The summed E-state index contributed by atoms with van der Waals surface area (Å²) in [5.41, 5.74) is 1.61. The van der Waals surface area contributed by atoms with Crippen molar-refractivity contribution in [2.45, 2.75) is 12.8 Å². The average Bonchev–Trinajstić information content (AvgIpc) is 3.23. The Labute approximate surface area is 167 Å². The van der Waals surface area contributed by atoms with Gasteiger partial charge < -0.3 is 19.7 Å². The van der Waals surface area contributed by atoms with Crippen LogP contribution in [0.3, 0.4) is 0 Å². The highest BCUT2D eigenvalue weighted by Gasteiger charge is 2.19. The fourth-order valence-corrected chi connectivity index (χ4v) is 3.70. The van der Waals surface area contributed by atoms with E-state index in [1.807, 2.05) is 6.07 Å². The molecule has 0 radical (unpaired) electrons. The molecule has 146 valence electrons. The van der Waals surface area contributed by atoms with E-state index in [4.69, 9.17) is 21.1 Å². The quantitative estimate of drug-likeness (QED) is 0.765. The van der Waals surface area contributed by atoms with Crippen molar-refractivity contribution in [3.63, 3.8) is 0 Å². The van der Waals surface area contributed by atoms with Gasteiger partial charge >= 0.3 is 0 Å². The summed E-state index contributed by atoms with van der Waals surface area (Å²) in [6.07, 6.45) is 5.08. The van der Waals surface area contributed by atoms with E-state index in [1.165, 1.54) is 12.1 Å². The smallest absolute Gasteiger partial charge is 0.248 e. The molecule has 2 aliphatic heterocycles. The van der Waals surface area contributed by atoms with Crippen LogP contribution in [0.2, 0.25) is 5.02 Å². The number of ether oxygens (including phenoxy) is 2. The number of benzene rings is 2. The number of anilines is 2. The summed E-state index contributed by atoms with van der Waals surface area (Å²) in [5.74, 6) is 0.186. The Kier molecular flexibility index (Phi) is 5.39. The van der Waals surface area contributed by atoms with Gasteiger partial charge in [0.2, 0.25) is 5.91 Å². The summed E-state index contributed by atoms with van der Waals surface area (Å²) in [7, 11) is 0. The van der Waals surface area contributed by atoms with Crippen LogP contribution in [0.15, 0.2) is 36.4 Å². The minimum Gasteiger partial charge on any atom is -0.486 e. The third-order valence-electron chi connectivity index (χ3n) is 4.73. The number of para-hydroxylation sites is 1. The van der Waals surface area contributed by atoms with Gasteiger partial charge in [-0.25, -0.2) is 4.39 Å². The average molecular weight is 403 g/mol. The molecule has 0 saturated carbocycles. The Morgan fingerprint density at radius 3 is 2.79 bits per heavy atom. The molecule has 1 saturated heterocycles. The van der Waals surface area contributed by atoms with E-state index in [0.29, 0.717) is 41.0 Å². The third-order valence-corrected chi connectivity index (χ3v) is 5.01. The first-order valence-corrected chi connectivity index (χ1v) is 9.61. The highest BCUT2D eigenvalue weighted by molar-refractivity contribution is 6.32. The molecule has 7 heteroatoms. The highest BCUT2D eigenvalue weighted by atomic mass is 35.5. The molecule has 0 bridgehead atoms. The van der Waals surface area contributed by atoms with E-state index < -0.39 is 11.7 Å². The van der Waals surface area contributed by atoms with E-state index in [0.717, 1.165) is 25.9 Å². The standard InChI is InChI=1S/C21H20ClFN2O3/c22-15-12-14(13-18-21(15)28-11-10-27-18)6-7-19(26)24-20-16(23)4-3-5-17(20)25-8-1-2-9-25/h3-7,12-13H,1-2,8-11H2,(H,24,26)/b7-6+. The zero-order valence-corrected chi connectivity index (χ0v) is 16.0. The second-order valence-corrected chi connectivity index (χ2v) is 7.08. The van der Waals surface area contributed by atoms with Gasteiger partial charge in [-0.1, -0.05) is 17.7 Å². The summed E-state index contributed by atoms with van der Waals surface area (Å²) in [4.78, 5) is 14.5. The van der Waals surface area contributed by atoms with Crippen molar-refractivity contribution >= 4 is 35.0 Å². The van der Waals surface area contributed by atoms with Crippen molar-refractivity contribution in [3.8, 4) is 11.5 Å². The number of hydrogen-bond donors (Lipinski definition) is 1. The number of nitrogens with zero attached hydrogens (tertiary/aromatic N) is 1. The molecule has 2 aromatic rings. The predicted octanol–water partition coefficient (Wildman–Crippen LogP) is 4.50. The Balaban J connectivity index is 1.52. The molecule has 1 fully saturated rings. The van der Waals surface area contributed by atoms with Crippen molar-refractivity contribution in [2.75, 3.05) is 36.5 Å². The van der Waals surface area contributed by atoms with Crippen LogP contribution in [0.5, 0.6) is 11.5 Å². The number of halogens is 2. The van der Waals surface area contributed by atoms with E-state index in [-0.39, 0.29) is 5.69 Å². The third kappa shape index (κ3) is 3.92. The van der Waals surface area contributed by atoms with E-state index in [1.54, 1.807) is 24.3 Å². The molecule has 28 heavy (non-hydrogen) atoms. The maximum Gasteiger partial charge on any atom is 0.248 e. The van der Waals surface area contributed by atoms with E-state index in [9.17, 15) is 9.18 Å². The predicted molar refractivity (Wildman–Crippen MR) is 108 cm³/mol. The zero-order chi connectivity index (χ0) is 19.5. The van der Waals surface area contributed by atoms with Crippen molar-refractivity contribution in [2.24, 2.45) is 0 Å². The van der Waals surface area contributed by atoms with Gasteiger partial charge in [-0.2, -0.15) is 0 Å². The summed E-state index contributed by atoms with van der Waals surface area (Å²) in [5, 5.41) is 3.09. The van der Waals surface area contributed by atoms with Gasteiger partial charge in [0.15, 0.2) is 11.5 Å². The van der Waals surface area contributed by atoms with Gasteiger partial charge in [0.05, 0.1) is 10.7 Å². The summed E-state index contributed by atoms with van der Waals surface area (Å²) >= 11 is 6.21. The first kappa shape index (κ1) is 18.6. The second kappa shape index (κ2) is 8.10. The molecular weight excluding hydrogens is 383 g/mol. The van der Waals surface area contributed by atoms with Crippen LogP contribution in [0, 0.1) is 5.82 Å². The lowest BCUT2D eigenvalue weighted by molar-refractivity contribution is -0.111. The van der Waals surface area contributed by atoms with Crippen LogP contribution >= 0.6 is 11.6 Å². The molecule has 1 N–H and O–H groups in total. The van der Waals surface area contributed by atoms with E-state index >= 15 is 0 Å². The monoisotopic (exact) mass is 402 g/mol. The minimum absolute atomic E-state index is 0.208. The summed E-state index contributed by atoms with van der Waals surface area (Å²) in [6, 6.07) is 8.28. The first-order valence-electron chi connectivity index (χ1n) is 9.23. The molecular formula is C21H20ClFN2O3. The molecule has 5 nitrogen and oxygen atoms in total. The summed E-state index contributed by atoms with van der Waals surface area (Å²) < 4.78 is 25.4. The van der Waals surface area contributed by atoms with Crippen LogP contribution in [0.1, 0.15) is 18.4 Å². The topological polar surface area (TPSA) is 50.8 Å². The Bertz CT molecular complexity index is 926. The zero-order valence-electron chi connectivity index (χ0n) is 15.2. The van der Waals surface area contributed by atoms with Crippen LogP contribution in [-0.4, -0.2) is 32.2 Å². The van der Waals surface area contributed by atoms with Gasteiger partial charge in [0.25, 0.3) is 0 Å². The first-order chi connectivity index (χ1) is 13.6. The number of amides is 1. The number of nitrogens with one attached hydrogen (secondary N) is 1. The second-order valence-electron chi connectivity index (χ2n) is 6.68. The highest BCUT2D eigenvalue weighted by Crippen LogP contribution is 2.38. The molecule has 0 aliphatic carbocycles. The van der Waals surface area contributed by atoms with Crippen molar-refractivity contribution in [1.82, 2.24) is 0 Å². The van der Waals surface area contributed by atoms with Gasteiger partial charge in [0, 0.05) is 19.2 Å². The molecule has 0 aromatic heterocycles. The molecule has 0 unspecified atom stereocenters. The van der Waals surface area contributed by atoms with Crippen LogP contribution < -0.4 is 19.7 Å². The molecule has 2 heterocycles. The van der Waals surface area contributed by atoms with Crippen molar-refractivity contribution < 1.29 is 18.7 Å². The molecule has 0 spiro atoms. The number of hydrogen-bond acceptors (Lipinski definition) is 4. The number of carbonyl (C=O) groups excluding carboxylic acids is 1. The molecule has 1 amide bonds. The molecule has 2 aromatic carbocycles. The van der Waals surface area contributed by atoms with E-state index in [2.05, 4.69) is 10.2 Å².